The minimum atomic E-state index is 0.596. The van der Waals surface area contributed by atoms with Crippen molar-refractivity contribution in [1.29, 1.82) is 0 Å². The standard InChI is InChI=1S/C12H18BrN3/c1-9-6-10(13)7-15-12(9)16-8-11-4-2-3-5-14-11/h6-7,11,14H,2-5,8H2,1H3,(H,15,16). The number of hydrogen-bond acceptors (Lipinski definition) is 3. The topological polar surface area (TPSA) is 37.0 Å². The zero-order chi connectivity index (χ0) is 11.4. The van der Waals surface area contributed by atoms with Gasteiger partial charge in [-0.05, 0) is 53.9 Å². The molecule has 2 heterocycles. The van der Waals surface area contributed by atoms with Crippen molar-refractivity contribution in [3.05, 3.63) is 22.3 Å². The summed E-state index contributed by atoms with van der Waals surface area (Å²) < 4.78 is 1.03. The van der Waals surface area contributed by atoms with Crippen molar-refractivity contribution >= 4 is 21.7 Å². The first-order valence-electron chi connectivity index (χ1n) is 5.85. The Balaban J connectivity index is 1.88. The van der Waals surface area contributed by atoms with Gasteiger partial charge in [0.05, 0.1) is 0 Å². The molecule has 1 atom stereocenters. The van der Waals surface area contributed by atoms with E-state index in [1.807, 2.05) is 6.20 Å². The third kappa shape index (κ3) is 3.19. The Morgan fingerprint density at radius 3 is 3.12 bits per heavy atom. The average Bonchev–Trinajstić information content (AvgIpc) is 2.29. The lowest BCUT2D eigenvalue weighted by Gasteiger charge is -2.24. The fourth-order valence-corrected chi connectivity index (χ4v) is 2.49. The number of hydrogen-bond donors (Lipinski definition) is 2. The normalized spacial score (nSPS) is 20.8. The van der Waals surface area contributed by atoms with Gasteiger partial charge in [-0.15, -0.1) is 0 Å². The zero-order valence-corrected chi connectivity index (χ0v) is 11.2. The van der Waals surface area contributed by atoms with Crippen LogP contribution < -0.4 is 10.6 Å². The fraction of sp³-hybridized carbons (Fsp3) is 0.583. The molecule has 1 saturated heterocycles. The number of nitrogens with zero attached hydrogens (tertiary/aromatic N) is 1. The number of nitrogens with one attached hydrogen (secondary N) is 2. The summed E-state index contributed by atoms with van der Waals surface area (Å²) in [4.78, 5) is 4.38. The Kier molecular flexibility index (Phi) is 4.18. The van der Waals surface area contributed by atoms with E-state index in [0.717, 1.165) is 23.4 Å². The highest BCUT2D eigenvalue weighted by molar-refractivity contribution is 9.10. The first kappa shape index (κ1) is 11.9. The Morgan fingerprint density at radius 2 is 2.44 bits per heavy atom. The van der Waals surface area contributed by atoms with Gasteiger partial charge in [0.25, 0.3) is 0 Å². The molecule has 0 saturated carbocycles. The van der Waals surface area contributed by atoms with Gasteiger partial charge in [-0.25, -0.2) is 4.98 Å². The summed E-state index contributed by atoms with van der Waals surface area (Å²) in [5.74, 6) is 0.996. The molecule has 0 aromatic carbocycles. The second kappa shape index (κ2) is 5.64. The highest BCUT2D eigenvalue weighted by Crippen LogP contribution is 2.17. The molecular formula is C12H18BrN3. The number of aryl methyl sites for hydroxylation is 1. The van der Waals surface area contributed by atoms with Crippen LogP contribution in [0.25, 0.3) is 0 Å². The molecule has 1 unspecified atom stereocenters. The van der Waals surface area contributed by atoms with E-state index in [1.165, 1.54) is 24.8 Å². The minimum absolute atomic E-state index is 0.596. The second-order valence-corrected chi connectivity index (χ2v) is 5.26. The van der Waals surface area contributed by atoms with Crippen LogP contribution >= 0.6 is 15.9 Å². The van der Waals surface area contributed by atoms with Crippen molar-refractivity contribution in [1.82, 2.24) is 10.3 Å². The molecule has 2 rings (SSSR count). The molecule has 1 aromatic heterocycles. The maximum absolute atomic E-state index is 4.38. The molecule has 3 nitrogen and oxygen atoms in total. The van der Waals surface area contributed by atoms with Gasteiger partial charge < -0.3 is 10.6 Å². The molecule has 0 spiro atoms. The largest absolute Gasteiger partial charge is 0.368 e. The van der Waals surface area contributed by atoms with E-state index >= 15 is 0 Å². The van der Waals surface area contributed by atoms with Crippen LogP contribution in [0.15, 0.2) is 16.7 Å². The lowest BCUT2D eigenvalue weighted by atomic mass is 10.1. The average molecular weight is 284 g/mol. The fourth-order valence-electron chi connectivity index (χ4n) is 2.04. The zero-order valence-electron chi connectivity index (χ0n) is 9.59. The van der Waals surface area contributed by atoms with Crippen molar-refractivity contribution < 1.29 is 0 Å². The van der Waals surface area contributed by atoms with Gasteiger partial charge in [0.2, 0.25) is 0 Å². The van der Waals surface area contributed by atoms with E-state index in [4.69, 9.17) is 0 Å². The number of pyridine rings is 1. The minimum Gasteiger partial charge on any atom is -0.368 e. The Bertz CT molecular complexity index is 348. The molecule has 4 heteroatoms. The maximum atomic E-state index is 4.38. The molecule has 1 aliphatic heterocycles. The predicted octanol–water partition coefficient (Wildman–Crippen LogP) is 2.71. The lowest BCUT2D eigenvalue weighted by molar-refractivity contribution is 0.414. The van der Waals surface area contributed by atoms with E-state index in [0.29, 0.717) is 6.04 Å². The number of anilines is 1. The molecule has 1 aliphatic rings. The molecule has 2 N–H and O–H groups in total. The van der Waals surface area contributed by atoms with E-state index in [1.54, 1.807) is 0 Å². The highest BCUT2D eigenvalue weighted by Gasteiger charge is 2.12. The van der Waals surface area contributed by atoms with Crippen molar-refractivity contribution in [3.63, 3.8) is 0 Å². The molecule has 0 aliphatic carbocycles. The number of aromatic nitrogens is 1. The van der Waals surface area contributed by atoms with Crippen molar-refractivity contribution in [3.8, 4) is 0 Å². The molecule has 88 valence electrons. The van der Waals surface area contributed by atoms with Gasteiger partial charge in [-0.3, -0.25) is 0 Å². The van der Waals surface area contributed by atoms with Crippen molar-refractivity contribution in [2.75, 3.05) is 18.4 Å². The number of rotatable bonds is 3. The Hall–Kier alpha value is -0.610. The van der Waals surface area contributed by atoms with Crippen molar-refractivity contribution in [2.24, 2.45) is 0 Å². The highest BCUT2D eigenvalue weighted by atomic mass is 79.9. The molecule has 0 bridgehead atoms. The van der Waals surface area contributed by atoms with Gasteiger partial charge in [0.1, 0.15) is 5.82 Å². The SMILES string of the molecule is Cc1cc(Br)cnc1NCC1CCCCN1. The monoisotopic (exact) mass is 283 g/mol. The van der Waals surface area contributed by atoms with E-state index in [2.05, 4.69) is 44.5 Å². The van der Waals surface area contributed by atoms with Crippen LogP contribution in [-0.2, 0) is 0 Å². The molecule has 1 fully saturated rings. The maximum Gasteiger partial charge on any atom is 0.128 e. The van der Waals surface area contributed by atoms with Gasteiger partial charge in [-0.1, -0.05) is 6.42 Å². The molecular weight excluding hydrogens is 266 g/mol. The van der Waals surface area contributed by atoms with Crippen molar-refractivity contribution in [2.45, 2.75) is 32.2 Å². The summed E-state index contributed by atoms with van der Waals surface area (Å²) in [7, 11) is 0. The molecule has 0 radical (unpaired) electrons. The summed E-state index contributed by atoms with van der Waals surface area (Å²) in [6.45, 7) is 4.20. The van der Waals surface area contributed by atoms with Gasteiger partial charge in [-0.2, -0.15) is 0 Å². The third-order valence-corrected chi connectivity index (χ3v) is 3.41. The first-order chi connectivity index (χ1) is 7.75. The summed E-state index contributed by atoms with van der Waals surface area (Å²) >= 11 is 3.42. The molecule has 0 amide bonds. The molecule has 16 heavy (non-hydrogen) atoms. The van der Waals surface area contributed by atoms with Crippen LogP contribution in [0.1, 0.15) is 24.8 Å². The number of halogens is 1. The van der Waals surface area contributed by atoms with Crippen LogP contribution in [0.3, 0.4) is 0 Å². The molecule has 1 aromatic rings. The van der Waals surface area contributed by atoms with Crippen LogP contribution in [-0.4, -0.2) is 24.1 Å². The number of piperidine rings is 1. The quantitative estimate of drug-likeness (QED) is 0.896. The Labute approximate surface area is 105 Å². The van der Waals surface area contributed by atoms with Crippen LogP contribution in [0.2, 0.25) is 0 Å². The summed E-state index contributed by atoms with van der Waals surface area (Å²) in [6.07, 6.45) is 5.75. The van der Waals surface area contributed by atoms with E-state index < -0.39 is 0 Å². The van der Waals surface area contributed by atoms with Crippen LogP contribution in [0.5, 0.6) is 0 Å². The van der Waals surface area contributed by atoms with Crippen LogP contribution in [0.4, 0.5) is 5.82 Å². The Morgan fingerprint density at radius 1 is 1.56 bits per heavy atom. The lowest BCUT2D eigenvalue weighted by Crippen LogP contribution is -2.39. The van der Waals surface area contributed by atoms with Gasteiger partial charge in [0, 0.05) is 23.3 Å². The third-order valence-electron chi connectivity index (χ3n) is 2.97. The van der Waals surface area contributed by atoms with E-state index in [-0.39, 0.29) is 0 Å². The van der Waals surface area contributed by atoms with E-state index in [9.17, 15) is 0 Å². The van der Waals surface area contributed by atoms with Crippen LogP contribution in [0, 0.1) is 6.92 Å². The second-order valence-electron chi connectivity index (χ2n) is 4.35. The van der Waals surface area contributed by atoms with Gasteiger partial charge >= 0.3 is 0 Å². The predicted molar refractivity (Wildman–Crippen MR) is 70.8 cm³/mol. The smallest absolute Gasteiger partial charge is 0.128 e. The first-order valence-corrected chi connectivity index (χ1v) is 6.64. The summed E-state index contributed by atoms with van der Waals surface area (Å²) in [5.41, 5.74) is 1.19. The summed E-state index contributed by atoms with van der Waals surface area (Å²) in [5, 5.41) is 6.94. The van der Waals surface area contributed by atoms with Gasteiger partial charge in [0.15, 0.2) is 0 Å². The summed E-state index contributed by atoms with van der Waals surface area (Å²) in [6, 6.07) is 2.68.